The van der Waals surface area contributed by atoms with Gasteiger partial charge in [0.15, 0.2) is 10.8 Å². The molecule has 21 heavy (non-hydrogen) atoms. The van der Waals surface area contributed by atoms with Crippen molar-refractivity contribution in [1.82, 2.24) is 24.9 Å². The highest BCUT2D eigenvalue weighted by atomic mass is 32.1. The van der Waals surface area contributed by atoms with Crippen molar-refractivity contribution in [2.45, 2.75) is 19.9 Å². The summed E-state index contributed by atoms with van der Waals surface area (Å²) in [6.07, 6.45) is 8.03. The van der Waals surface area contributed by atoms with E-state index >= 15 is 0 Å². The summed E-state index contributed by atoms with van der Waals surface area (Å²) in [5, 5.41) is 5.96. The molecule has 0 aliphatic heterocycles. The Morgan fingerprint density at radius 3 is 2.57 bits per heavy atom. The minimum Gasteiger partial charge on any atom is -0.349 e. The normalized spacial score (nSPS) is 10.5. The summed E-state index contributed by atoms with van der Waals surface area (Å²) in [6, 6.07) is 1.79. The number of hydrogen-bond acceptors (Lipinski definition) is 7. The Morgan fingerprint density at radius 2 is 1.86 bits per heavy atom. The number of nitrogens with zero attached hydrogens (tertiary/aromatic N) is 5. The first kappa shape index (κ1) is 13.6. The molecule has 0 spiro atoms. The molecule has 3 heterocycles. The van der Waals surface area contributed by atoms with E-state index in [0.717, 1.165) is 22.7 Å². The van der Waals surface area contributed by atoms with Gasteiger partial charge in [-0.3, -0.25) is 0 Å². The summed E-state index contributed by atoms with van der Waals surface area (Å²) in [6.45, 7) is 2.66. The lowest BCUT2D eigenvalue weighted by molar-refractivity contribution is 0.990. The van der Waals surface area contributed by atoms with Gasteiger partial charge >= 0.3 is 0 Å². The summed E-state index contributed by atoms with van der Waals surface area (Å²) in [5.74, 6) is 1.26. The van der Waals surface area contributed by atoms with Gasteiger partial charge in [-0.15, -0.1) is 11.3 Å². The van der Waals surface area contributed by atoms with Gasteiger partial charge in [0.25, 0.3) is 0 Å². The molecule has 0 amide bonds. The summed E-state index contributed by atoms with van der Waals surface area (Å²) in [4.78, 5) is 21.4. The molecule has 0 unspecified atom stereocenters. The first-order valence-corrected chi connectivity index (χ1v) is 7.49. The van der Waals surface area contributed by atoms with Crippen LogP contribution in [0.5, 0.6) is 0 Å². The monoisotopic (exact) mass is 298 g/mol. The molecule has 3 aromatic rings. The Balaban J connectivity index is 1.64. The van der Waals surface area contributed by atoms with Crippen molar-refractivity contribution < 1.29 is 0 Å². The molecular formula is C14H14N6S. The SMILES string of the molecule is CCc1cnc(NCc2csc(-c3ncccn3)n2)nc1. The highest BCUT2D eigenvalue weighted by molar-refractivity contribution is 7.13. The average Bonchev–Trinajstić information content (AvgIpc) is 3.03. The third-order valence-electron chi connectivity index (χ3n) is 2.85. The van der Waals surface area contributed by atoms with Gasteiger partial charge in [0, 0.05) is 30.2 Å². The van der Waals surface area contributed by atoms with Gasteiger partial charge in [-0.1, -0.05) is 6.92 Å². The maximum absolute atomic E-state index is 4.50. The molecule has 3 rings (SSSR count). The maximum Gasteiger partial charge on any atom is 0.222 e. The molecule has 0 atom stereocenters. The quantitative estimate of drug-likeness (QED) is 0.780. The van der Waals surface area contributed by atoms with Crippen LogP contribution in [0.3, 0.4) is 0 Å². The largest absolute Gasteiger partial charge is 0.349 e. The van der Waals surface area contributed by atoms with Crippen LogP contribution in [-0.2, 0) is 13.0 Å². The molecule has 6 nitrogen and oxygen atoms in total. The lowest BCUT2D eigenvalue weighted by atomic mass is 10.3. The number of aryl methyl sites for hydroxylation is 1. The molecule has 106 valence electrons. The van der Waals surface area contributed by atoms with E-state index in [1.165, 1.54) is 11.3 Å². The second-order valence-electron chi connectivity index (χ2n) is 4.34. The number of nitrogens with one attached hydrogen (secondary N) is 1. The number of thiazole rings is 1. The van der Waals surface area contributed by atoms with Crippen molar-refractivity contribution in [1.29, 1.82) is 0 Å². The van der Waals surface area contributed by atoms with Crippen LogP contribution < -0.4 is 5.32 Å². The first-order valence-electron chi connectivity index (χ1n) is 6.61. The van der Waals surface area contributed by atoms with Gasteiger partial charge in [-0.05, 0) is 18.1 Å². The first-order chi connectivity index (χ1) is 10.3. The van der Waals surface area contributed by atoms with E-state index in [0.29, 0.717) is 18.3 Å². The zero-order chi connectivity index (χ0) is 14.5. The van der Waals surface area contributed by atoms with E-state index in [4.69, 9.17) is 0 Å². The molecule has 3 aromatic heterocycles. The fourth-order valence-corrected chi connectivity index (χ4v) is 2.46. The van der Waals surface area contributed by atoms with E-state index < -0.39 is 0 Å². The second kappa shape index (κ2) is 6.36. The van der Waals surface area contributed by atoms with Gasteiger partial charge in [0.05, 0.1) is 12.2 Å². The minimum absolute atomic E-state index is 0.578. The zero-order valence-corrected chi connectivity index (χ0v) is 12.3. The van der Waals surface area contributed by atoms with Crippen LogP contribution in [-0.4, -0.2) is 24.9 Å². The smallest absolute Gasteiger partial charge is 0.222 e. The summed E-state index contributed by atoms with van der Waals surface area (Å²) in [7, 11) is 0. The van der Waals surface area contributed by atoms with Crippen molar-refractivity contribution >= 4 is 17.3 Å². The van der Waals surface area contributed by atoms with E-state index in [-0.39, 0.29) is 0 Å². The number of anilines is 1. The van der Waals surface area contributed by atoms with E-state index in [1.54, 1.807) is 18.5 Å². The lowest BCUT2D eigenvalue weighted by Crippen LogP contribution is -2.04. The molecule has 0 bridgehead atoms. The topological polar surface area (TPSA) is 76.5 Å². The highest BCUT2D eigenvalue weighted by Crippen LogP contribution is 2.19. The van der Waals surface area contributed by atoms with E-state index in [2.05, 4.69) is 37.2 Å². The maximum atomic E-state index is 4.50. The van der Waals surface area contributed by atoms with Crippen molar-refractivity contribution in [3.63, 3.8) is 0 Å². The Labute approximate surface area is 126 Å². The molecule has 0 fully saturated rings. The third-order valence-corrected chi connectivity index (χ3v) is 3.74. The van der Waals surface area contributed by atoms with Gasteiger partial charge in [0.2, 0.25) is 5.95 Å². The molecule has 0 saturated heterocycles. The Morgan fingerprint density at radius 1 is 1.10 bits per heavy atom. The van der Waals surface area contributed by atoms with E-state index in [9.17, 15) is 0 Å². The zero-order valence-electron chi connectivity index (χ0n) is 11.5. The van der Waals surface area contributed by atoms with Crippen molar-refractivity contribution in [2.75, 3.05) is 5.32 Å². The Bertz CT molecular complexity index is 695. The third kappa shape index (κ3) is 3.38. The summed E-state index contributed by atoms with van der Waals surface area (Å²) in [5.41, 5.74) is 2.04. The van der Waals surface area contributed by atoms with Crippen molar-refractivity contribution in [2.24, 2.45) is 0 Å². The highest BCUT2D eigenvalue weighted by Gasteiger charge is 2.07. The predicted molar refractivity (Wildman–Crippen MR) is 81.9 cm³/mol. The summed E-state index contributed by atoms with van der Waals surface area (Å²) < 4.78 is 0. The Hall–Kier alpha value is -2.41. The van der Waals surface area contributed by atoms with Crippen LogP contribution in [0.4, 0.5) is 5.95 Å². The molecule has 0 aliphatic rings. The molecule has 0 aromatic carbocycles. The number of hydrogen-bond donors (Lipinski definition) is 1. The molecule has 7 heteroatoms. The predicted octanol–water partition coefficient (Wildman–Crippen LogP) is 2.56. The number of rotatable bonds is 5. The van der Waals surface area contributed by atoms with E-state index in [1.807, 2.05) is 17.8 Å². The fraction of sp³-hybridized carbons (Fsp3) is 0.214. The van der Waals surface area contributed by atoms with Crippen molar-refractivity contribution in [3.05, 3.63) is 47.5 Å². The molecule has 1 N–H and O–H groups in total. The van der Waals surface area contributed by atoms with Gasteiger partial charge in [-0.25, -0.2) is 24.9 Å². The molecule has 0 saturated carbocycles. The summed E-state index contributed by atoms with van der Waals surface area (Å²) >= 11 is 1.53. The standard InChI is InChI=1S/C14H14N6S/c1-2-10-6-17-14(18-7-10)19-8-11-9-21-13(20-11)12-15-4-3-5-16-12/h3-7,9H,2,8H2,1H3,(H,17,18,19). The van der Waals surface area contributed by atoms with Crippen LogP contribution in [0.2, 0.25) is 0 Å². The van der Waals surface area contributed by atoms with Crippen molar-refractivity contribution in [3.8, 4) is 10.8 Å². The lowest BCUT2D eigenvalue weighted by Gasteiger charge is -2.02. The molecule has 0 aliphatic carbocycles. The van der Waals surface area contributed by atoms with Gasteiger partial charge < -0.3 is 5.32 Å². The van der Waals surface area contributed by atoms with Gasteiger partial charge in [0.1, 0.15) is 0 Å². The molecular weight excluding hydrogens is 284 g/mol. The fourth-order valence-electron chi connectivity index (χ4n) is 1.70. The average molecular weight is 298 g/mol. The van der Waals surface area contributed by atoms with Crippen LogP contribution >= 0.6 is 11.3 Å². The minimum atomic E-state index is 0.578. The van der Waals surface area contributed by atoms with Crippen LogP contribution in [0, 0.1) is 0 Å². The van der Waals surface area contributed by atoms with Crippen LogP contribution in [0.15, 0.2) is 36.2 Å². The van der Waals surface area contributed by atoms with Crippen LogP contribution in [0.25, 0.3) is 10.8 Å². The Kier molecular flexibility index (Phi) is 4.11. The number of aromatic nitrogens is 5. The second-order valence-corrected chi connectivity index (χ2v) is 5.20. The van der Waals surface area contributed by atoms with Crippen LogP contribution in [0.1, 0.15) is 18.2 Å². The van der Waals surface area contributed by atoms with Gasteiger partial charge in [-0.2, -0.15) is 0 Å². The molecule has 0 radical (unpaired) electrons.